The fraction of sp³-hybridized carbons (Fsp3) is 0.500. The van der Waals surface area contributed by atoms with Gasteiger partial charge in [-0.3, -0.25) is 0 Å². The van der Waals surface area contributed by atoms with Crippen molar-refractivity contribution in [1.82, 2.24) is 19.5 Å². The van der Waals surface area contributed by atoms with E-state index in [9.17, 15) is 9.50 Å². The molecule has 0 unspecified atom stereocenters. The zero-order chi connectivity index (χ0) is 15.3. The maximum Gasteiger partial charge on any atom is 0.224 e. The van der Waals surface area contributed by atoms with Crippen LogP contribution in [0.5, 0.6) is 0 Å². The number of allylic oxidation sites excluding steroid dienone is 1. The number of aromatic nitrogens is 4. The molecule has 0 radical (unpaired) electrons. The highest BCUT2D eigenvalue weighted by Gasteiger charge is 2.31. The molecule has 2 aromatic heterocycles. The van der Waals surface area contributed by atoms with Crippen LogP contribution >= 0.6 is 0 Å². The number of nitrogens with zero attached hydrogens (tertiary/aromatic N) is 5. The van der Waals surface area contributed by atoms with Crippen molar-refractivity contribution in [2.45, 2.75) is 18.6 Å². The van der Waals surface area contributed by atoms with E-state index in [4.69, 9.17) is 5.73 Å². The molecule has 0 saturated carbocycles. The summed E-state index contributed by atoms with van der Waals surface area (Å²) in [6.45, 7) is 0.760. The molecular formula is C14H17FN6O. The average molecular weight is 304 g/mol. The molecule has 4 rings (SSSR count). The average Bonchev–Trinajstić information content (AvgIpc) is 3.08. The van der Waals surface area contributed by atoms with Crippen molar-refractivity contribution in [3.05, 3.63) is 18.5 Å². The summed E-state index contributed by atoms with van der Waals surface area (Å²) in [6.07, 6.45) is 5.74. The van der Waals surface area contributed by atoms with Crippen LogP contribution in [0.4, 0.5) is 16.2 Å². The topological polar surface area (TPSA) is 93.1 Å². The second kappa shape index (κ2) is 4.91. The van der Waals surface area contributed by atoms with E-state index in [1.54, 1.807) is 6.33 Å². The monoisotopic (exact) mass is 304 g/mol. The largest absolute Gasteiger partial charge is 0.396 e. The first-order valence-corrected chi connectivity index (χ1v) is 7.34. The Labute approximate surface area is 126 Å². The predicted octanol–water partition coefficient (Wildman–Crippen LogP) is 0.676. The Bertz CT molecular complexity index is 738. The number of imidazole rings is 1. The van der Waals surface area contributed by atoms with Crippen molar-refractivity contribution in [3.63, 3.8) is 0 Å². The molecule has 1 fully saturated rings. The summed E-state index contributed by atoms with van der Waals surface area (Å²) in [5, 5.41) is 9.26. The van der Waals surface area contributed by atoms with E-state index < -0.39 is 6.17 Å². The Balaban J connectivity index is 1.74. The molecule has 1 saturated heterocycles. The van der Waals surface area contributed by atoms with Crippen molar-refractivity contribution >= 4 is 22.9 Å². The summed E-state index contributed by atoms with van der Waals surface area (Å²) in [5.74, 6) is 0.909. The van der Waals surface area contributed by atoms with Gasteiger partial charge in [0.2, 0.25) is 5.95 Å². The zero-order valence-electron chi connectivity index (χ0n) is 11.9. The van der Waals surface area contributed by atoms with Gasteiger partial charge in [0.25, 0.3) is 0 Å². The van der Waals surface area contributed by atoms with E-state index in [-0.39, 0.29) is 24.5 Å². The molecule has 7 nitrogen and oxygen atoms in total. The van der Waals surface area contributed by atoms with E-state index in [0.29, 0.717) is 30.1 Å². The molecule has 3 N–H and O–H groups in total. The SMILES string of the molecule is Nc1nc(N2CC(F)C2)c2ncn([C@H]3C=C[C@@H](CO)C3)c2n1. The summed E-state index contributed by atoms with van der Waals surface area (Å²) < 4.78 is 15.1. The predicted molar refractivity (Wildman–Crippen MR) is 80.2 cm³/mol. The molecule has 0 amide bonds. The van der Waals surface area contributed by atoms with E-state index in [1.807, 2.05) is 21.6 Å². The van der Waals surface area contributed by atoms with Crippen LogP contribution in [-0.2, 0) is 0 Å². The van der Waals surface area contributed by atoms with Crippen molar-refractivity contribution in [1.29, 1.82) is 0 Å². The second-order valence-electron chi connectivity index (χ2n) is 5.86. The first kappa shape index (κ1) is 13.4. The summed E-state index contributed by atoms with van der Waals surface area (Å²) in [6, 6.07) is 0.0922. The molecule has 2 atom stereocenters. The van der Waals surface area contributed by atoms with Crippen LogP contribution in [0.3, 0.4) is 0 Å². The normalized spacial score (nSPS) is 25.1. The number of nitrogen functional groups attached to an aromatic ring is 1. The van der Waals surface area contributed by atoms with Crippen molar-refractivity contribution in [3.8, 4) is 0 Å². The lowest BCUT2D eigenvalue weighted by Gasteiger charge is -2.35. The molecule has 8 heteroatoms. The highest BCUT2D eigenvalue weighted by atomic mass is 19.1. The van der Waals surface area contributed by atoms with Gasteiger partial charge in [-0.2, -0.15) is 9.97 Å². The number of alkyl halides is 1. The van der Waals surface area contributed by atoms with Crippen molar-refractivity contribution in [2.75, 3.05) is 30.3 Å². The van der Waals surface area contributed by atoms with E-state index in [0.717, 1.165) is 6.42 Å². The number of hydrogen-bond acceptors (Lipinski definition) is 6. The van der Waals surface area contributed by atoms with Gasteiger partial charge in [-0.15, -0.1) is 0 Å². The number of anilines is 2. The summed E-state index contributed by atoms with van der Waals surface area (Å²) in [5.41, 5.74) is 7.11. The molecule has 1 aliphatic heterocycles. The Morgan fingerprint density at radius 1 is 1.32 bits per heavy atom. The number of nitrogens with two attached hydrogens (primary N) is 1. The molecule has 3 heterocycles. The maximum absolute atomic E-state index is 13.1. The lowest BCUT2D eigenvalue weighted by Crippen LogP contribution is -2.49. The molecule has 0 spiro atoms. The van der Waals surface area contributed by atoms with Crippen molar-refractivity contribution < 1.29 is 9.50 Å². The Morgan fingerprint density at radius 2 is 2.14 bits per heavy atom. The van der Waals surface area contributed by atoms with Gasteiger partial charge < -0.3 is 20.3 Å². The number of rotatable bonds is 3. The van der Waals surface area contributed by atoms with Crippen LogP contribution < -0.4 is 10.6 Å². The lowest BCUT2D eigenvalue weighted by molar-refractivity contribution is 0.244. The molecule has 22 heavy (non-hydrogen) atoms. The standard InChI is InChI=1S/C14H17FN6O/c15-9-4-20(5-9)12-11-13(19-14(16)18-12)21(7-17-11)10-2-1-8(3-10)6-22/h1-2,7-10,22H,3-6H2,(H2,16,18,19)/t8-,10+/m1/s1. The smallest absolute Gasteiger partial charge is 0.224 e. The van der Waals surface area contributed by atoms with E-state index in [2.05, 4.69) is 15.0 Å². The first-order valence-electron chi connectivity index (χ1n) is 7.34. The van der Waals surface area contributed by atoms with Gasteiger partial charge >= 0.3 is 0 Å². The molecule has 0 aromatic carbocycles. The molecule has 2 aliphatic rings. The highest BCUT2D eigenvalue weighted by Crippen LogP contribution is 2.33. The quantitative estimate of drug-likeness (QED) is 0.810. The van der Waals surface area contributed by atoms with Crippen LogP contribution in [-0.4, -0.2) is 50.5 Å². The zero-order valence-corrected chi connectivity index (χ0v) is 11.9. The molecule has 2 aromatic rings. The molecular weight excluding hydrogens is 287 g/mol. The number of fused-ring (bicyclic) bond motifs is 1. The van der Waals surface area contributed by atoms with Gasteiger partial charge in [0.1, 0.15) is 6.17 Å². The maximum atomic E-state index is 13.1. The third-order valence-corrected chi connectivity index (χ3v) is 4.30. The summed E-state index contributed by atoms with van der Waals surface area (Å²) >= 11 is 0. The van der Waals surface area contributed by atoms with Gasteiger partial charge in [-0.25, -0.2) is 9.37 Å². The van der Waals surface area contributed by atoms with Crippen LogP contribution in [0, 0.1) is 5.92 Å². The van der Waals surface area contributed by atoms with Gasteiger partial charge in [-0.1, -0.05) is 12.2 Å². The Kier molecular flexibility index (Phi) is 3.00. The summed E-state index contributed by atoms with van der Waals surface area (Å²) in [7, 11) is 0. The fourth-order valence-corrected chi connectivity index (χ4v) is 3.07. The third kappa shape index (κ3) is 2.02. The Hall–Kier alpha value is -2.22. The minimum atomic E-state index is -0.823. The molecule has 1 aliphatic carbocycles. The Morgan fingerprint density at radius 3 is 2.82 bits per heavy atom. The third-order valence-electron chi connectivity index (χ3n) is 4.30. The van der Waals surface area contributed by atoms with Crippen LogP contribution in [0.25, 0.3) is 11.2 Å². The van der Waals surface area contributed by atoms with Gasteiger partial charge in [0.15, 0.2) is 17.0 Å². The minimum Gasteiger partial charge on any atom is -0.396 e. The highest BCUT2D eigenvalue weighted by molar-refractivity contribution is 5.85. The van der Waals surface area contributed by atoms with Gasteiger partial charge in [0.05, 0.1) is 25.5 Å². The van der Waals surface area contributed by atoms with Crippen LogP contribution in [0.1, 0.15) is 12.5 Å². The number of aliphatic hydroxyl groups is 1. The van der Waals surface area contributed by atoms with Crippen LogP contribution in [0.15, 0.2) is 18.5 Å². The van der Waals surface area contributed by atoms with E-state index >= 15 is 0 Å². The van der Waals surface area contributed by atoms with E-state index in [1.165, 1.54) is 0 Å². The lowest BCUT2D eigenvalue weighted by atomic mass is 10.1. The van der Waals surface area contributed by atoms with Gasteiger partial charge in [-0.05, 0) is 6.42 Å². The van der Waals surface area contributed by atoms with Crippen molar-refractivity contribution in [2.24, 2.45) is 5.92 Å². The fourth-order valence-electron chi connectivity index (χ4n) is 3.07. The first-order chi connectivity index (χ1) is 10.7. The molecule has 0 bridgehead atoms. The number of aliphatic hydroxyl groups excluding tert-OH is 1. The second-order valence-corrected chi connectivity index (χ2v) is 5.86. The number of halogens is 1. The minimum absolute atomic E-state index is 0.0922. The van der Waals surface area contributed by atoms with Crippen LogP contribution in [0.2, 0.25) is 0 Å². The van der Waals surface area contributed by atoms with Gasteiger partial charge in [0, 0.05) is 12.5 Å². The summed E-state index contributed by atoms with van der Waals surface area (Å²) in [4.78, 5) is 14.8. The number of hydrogen-bond donors (Lipinski definition) is 2. The molecule has 116 valence electrons.